The maximum absolute atomic E-state index is 6.03. The molecule has 21 heavy (non-hydrogen) atoms. The zero-order chi connectivity index (χ0) is 14.1. The van der Waals surface area contributed by atoms with Crippen molar-refractivity contribution >= 4 is 11.4 Å². The minimum absolute atomic E-state index is 0.419. The number of hydrogen-bond acceptors (Lipinski definition) is 2. The average molecular weight is 277 g/mol. The first-order valence-electron chi connectivity index (χ1n) is 7.69. The molecule has 1 aliphatic heterocycles. The Morgan fingerprint density at radius 2 is 1.76 bits per heavy atom. The number of hydrogen-bond donors (Lipinski definition) is 0. The van der Waals surface area contributed by atoms with E-state index in [4.69, 9.17) is 4.74 Å². The van der Waals surface area contributed by atoms with E-state index in [1.54, 1.807) is 0 Å². The number of rotatable bonds is 1. The molecule has 2 heteroatoms. The molecule has 0 spiro atoms. The van der Waals surface area contributed by atoms with Gasteiger partial charge in [-0.1, -0.05) is 42.5 Å². The van der Waals surface area contributed by atoms with Gasteiger partial charge < -0.3 is 9.64 Å². The molecule has 0 fully saturated rings. The maximum atomic E-state index is 6.03. The van der Waals surface area contributed by atoms with E-state index >= 15 is 0 Å². The Bertz CT molecular complexity index is 629. The minimum atomic E-state index is 0.419. The van der Waals surface area contributed by atoms with Crippen LogP contribution in [0.25, 0.3) is 0 Å². The third kappa shape index (κ3) is 2.21. The molecule has 2 aromatic rings. The van der Waals surface area contributed by atoms with Crippen LogP contribution in [0.1, 0.15) is 24.8 Å². The molecule has 0 radical (unpaired) electrons. The van der Waals surface area contributed by atoms with Crippen molar-refractivity contribution < 1.29 is 4.74 Å². The van der Waals surface area contributed by atoms with E-state index in [1.807, 2.05) is 6.07 Å². The summed E-state index contributed by atoms with van der Waals surface area (Å²) in [4.78, 5) is 2.45. The maximum Gasteiger partial charge on any atom is 0.143 e. The van der Waals surface area contributed by atoms with Gasteiger partial charge in [0.25, 0.3) is 0 Å². The fourth-order valence-corrected chi connectivity index (χ4v) is 3.30. The smallest absolute Gasteiger partial charge is 0.143 e. The second-order valence-corrected chi connectivity index (χ2v) is 5.68. The number of benzene rings is 2. The normalized spacial score (nSPS) is 20.2. The summed E-state index contributed by atoms with van der Waals surface area (Å²) in [5.41, 5.74) is 3.71. The molecule has 1 unspecified atom stereocenters. The Morgan fingerprint density at radius 3 is 2.62 bits per heavy atom. The number of ether oxygens (including phenoxy) is 1. The summed E-state index contributed by atoms with van der Waals surface area (Å²) in [5.74, 6) is 0.979. The fraction of sp³-hybridized carbons (Fsp3) is 0.263. The van der Waals surface area contributed by atoms with Crippen molar-refractivity contribution in [2.45, 2.75) is 31.9 Å². The predicted molar refractivity (Wildman–Crippen MR) is 86.1 cm³/mol. The van der Waals surface area contributed by atoms with Crippen LogP contribution in [0.5, 0.6) is 5.75 Å². The Balaban J connectivity index is 1.89. The van der Waals surface area contributed by atoms with Crippen molar-refractivity contribution in [2.24, 2.45) is 0 Å². The monoisotopic (exact) mass is 277 g/mol. The quantitative estimate of drug-likeness (QED) is 0.692. The molecule has 2 aromatic carbocycles. The van der Waals surface area contributed by atoms with Crippen molar-refractivity contribution in [1.82, 2.24) is 0 Å². The van der Waals surface area contributed by atoms with Crippen LogP contribution in [0.3, 0.4) is 0 Å². The third-order valence-electron chi connectivity index (χ3n) is 4.32. The van der Waals surface area contributed by atoms with Crippen molar-refractivity contribution in [3.63, 3.8) is 0 Å². The Labute approximate surface area is 125 Å². The van der Waals surface area contributed by atoms with E-state index in [-0.39, 0.29) is 0 Å². The van der Waals surface area contributed by atoms with Crippen molar-refractivity contribution in [3.8, 4) is 5.75 Å². The van der Waals surface area contributed by atoms with Crippen LogP contribution in [-0.2, 0) is 6.61 Å². The lowest BCUT2D eigenvalue weighted by Crippen LogP contribution is -2.30. The molecular weight excluding hydrogens is 258 g/mol. The van der Waals surface area contributed by atoms with Crippen LogP contribution in [0.15, 0.2) is 60.7 Å². The molecule has 0 aromatic heterocycles. The average Bonchev–Trinajstić information content (AvgIpc) is 2.72. The molecular formula is C19H19NO. The molecule has 106 valence electrons. The Hall–Kier alpha value is -2.22. The van der Waals surface area contributed by atoms with Crippen LogP contribution in [0, 0.1) is 0 Å². The number of nitrogens with zero attached hydrogens (tertiary/aromatic N) is 1. The molecule has 1 atom stereocenters. The highest BCUT2D eigenvalue weighted by Crippen LogP contribution is 2.42. The van der Waals surface area contributed by atoms with Gasteiger partial charge in [-0.15, -0.1) is 0 Å². The van der Waals surface area contributed by atoms with Gasteiger partial charge in [-0.05, 0) is 37.5 Å². The standard InChI is InChI=1S/C19H19NO/c1-2-9-16(10-3-1)20-17-11-5-4-8-15(17)14-21-19-13-7-6-12-18(19)20/h2,4-9,11-13,16H,1,3,10,14H2. The summed E-state index contributed by atoms with van der Waals surface area (Å²) < 4.78 is 6.03. The van der Waals surface area contributed by atoms with Crippen LogP contribution in [-0.4, -0.2) is 6.04 Å². The van der Waals surface area contributed by atoms with Gasteiger partial charge in [-0.3, -0.25) is 0 Å². The zero-order valence-electron chi connectivity index (χ0n) is 12.0. The van der Waals surface area contributed by atoms with Crippen molar-refractivity contribution in [3.05, 3.63) is 66.2 Å². The summed E-state index contributed by atoms with van der Waals surface area (Å²) in [7, 11) is 0. The number of para-hydroxylation sites is 3. The summed E-state index contributed by atoms with van der Waals surface area (Å²) in [6.07, 6.45) is 8.31. The first-order valence-corrected chi connectivity index (χ1v) is 7.69. The van der Waals surface area contributed by atoms with Gasteiger partial charge in [0.05, 0.1) is 11.7 Å². The van der Waals surface area contributed by atoms with E-state index < -0.39 is 0 Å². The lowest BCUT2D eigenvalue weighted by molar-refractivity contribution is 0.310. The van der Waals surface area contributed by atoms with E-state index in [2.05, 4.69) is 59.5 Å². The summed E-state index contributed by atoms with van der Waals surface area (Å²) in [6.45, 7) is 0.639. The molecule has 1 aliphatic carbocycles. The van der Waals surface area contributed by atoms with Crippen molar-refractivity contribution in [1.29, 1.82) is 0 Å². The van der Waals surface area contributed by atoms with Gasteiger partial charge in [0.2, 0.25) is 0 Å². The SMILES string of the molecule is C1=CC(N2c3ccccc3COc3ccccc32)CCC1. The van der Waals surface area contributed by atoms with Crippen LogP contribution >= 0.6 is 0 Å². The molecule has 0 saturated heterocycles. The van der Waals surface area contributed by atoms with Gasteiger partial charge in [-0.2, -0.15) is 0 Å². The highest BCUT2D eigenvalue weighted by Gasteiger charge is 2.26. The van der Waals surface area contributed by atoms with Crippen LogP contribution < -0.4 is 9.64 Å². The Morgan fingerprint density at radius 1 is 0.952 bits per heavy atom. The second kappa shape index (κ2) is 5.28. The molecule has 2 aliphatic rings. The number of anilines is 2. The second-order valence-electron chi connectivity index (χ2n) is 5.68. The molecule has 0 saturated carbocycles. The van der Waals surface area contributed by atoms with Crippen LogP contribution in [0.2, 0.25) is 0 Å². The lowest BCUT2D eigenvalue weighted by atomic mass is 9.99. The van der Waals surface area contributed by atoms with E-state index in [0.717, 1.165) is 5.75 Å². The van der Waals surface area contributed by atoms with Gasteiger partial charge in [0.15, 0.2) is 0 Å². The van der Waals surface area contributed by atoms with Crippen molar-refractivity contribution in [2.75, 3.05) is 4.90 Å². The van der Waals surface area contributed by atoms with Gasteiger partial charge in [0.1, 0.15) is 12.4 Å². The summed E-state index contributed by atoms with van der Waals surface area (Å²) in [5, 5.41) is 0. The zero-order valence-corrected chi connectivity index (χ0v) is 12.0. The highest BCUT2D eigenvalue weighted by atomic mass is 16.5. The first kappa shape index (κ1) is 12.5. The molecule has 2 nitrogen and oxygen atoms in total. The van der Waals surface area contributed by atoms with E-state index in [1.165, 1.54) is 36.2 Å². The molecule has 1 heterocycles. The molecule has 0 N–H and O–H groups in total. The third-order valence-corrected chi connectivity index (χ3v) is 4.32. The fourth-order valence-electron chi connectivity index (χ4n) is 3.30. The number of fused-ring (bicyclic) bond motifs is 2. The first-order chi connectivity index (χ1) is 10.4. The highest BCUT2D eigenvalue weighted by molar-refractivity contribution is 5.74. The van der Waals surface area contributed by atoms with Crippen LogP contribution in [0.4, 0.5) is 11.4 Å². The van der Waals surface area contributed by atoms with Gasteiger partial charge in [-0.25, -0.2) is 0 Å². The van der Waals surface area contributed by atoms with E-state index in [0.29, 0.717) is 12.6 Å². The molecule has 4 rings (SSSR count). The van der Waals surface area contributed by atoms with E-state index in [9.17, 15) is 0 Å². The predicted octanol–water partition coefficient (Wildman–Crippen LogP) is 4.83. The largest absolute Gasteiger partial charge is 0.487 e. The summed E-state index contributed by atoms with van der Waals surface area (Å²) in [6, 6.07) is 17.4. The summed E-state index contributed by atoms with van der Waals surface area (Å²) >= 11 is 0. The lowest BCUT2D eigenvalue weighted by Gasteiger charge is -2.34. The van der Waals surface area contributed by atoms with Gasteiger partial charge in [0, 0.05) is 11.3 Å². The Kier molecular flexibility index (Phi) is 3.15. The molecule has 0 bridgehead atoms. The number of allylic oxidation sites excluding steroid dienone is 1. The van der Waals surface area contributed by atoms with Gasteiger partial charge >= 0.3 is 0 Å². The molecule has 0 amide bonds. The topological polar surface area (TPSA) is 12.5 Å². The minimum Gasteiger partial charge on any atom is -0.487 e.